The van der Waals surface area contributed by atoms with Gasteiger partial charge in [0.15, 0.2) is 0 Å². The number of aliphatic hydroxyl groups excluding tert-OH is 1. The average Bonchev–Trinajstić information content (AvgIpc) is 2.63. The molecule has 0 spiro atoms. The molecule has 110 valence electrons. The Hall–Kier alpha value is -0.870. The van der Waals surface area contributed by atoms with Crippen molar-refractivity contribution >= 4 is 0 Å². The zero-order chi connectivity index (χ0) is 14.6. The Balaban J connectivity index is 2.59. The van der Waals surface area contributed by atoms with Gasteiger partial charge >= 0.3 is 0 Å². The van der Waals surface area contributed by atoms with E-state index in [-0.39, 0.29) is 12.1 Å². The summed E-state index contributed by atoms with van der Waals surface area (Å²) in [5.74, 6) is 0.323. The Morgan fingerprint density at radius 1 is 1.26 bits per heavy atom. The van der Waals surface area contributed by atoms with Gasteiger partial charge in [-0.3, -0.25) is 4.68 Å². The normalized spacial score (nSPS) is 14.9. The molecular formula is C15H29N3O. The summed E-state index contributed by atoms with van der Waals surface area (Å²) in [5.41, 5.74) is 3.63. The van der Waals surface area contributed by atoms with Crippen LogP contribution in [0.3, 0.4) is 0 Å². The summed E-state index contributed by atoms with van der Waals surface area (Å²) in [6.07, 6.45) is 0.572. The van der Waals surface area contributed by atoms with Crippen LogP contribution in [0.4, 0.5) is 0 Å². The van der Waals surface area contributed by atoms with Crippen molar-refractivity contribution in [3.63, 3.8) is 0 Å². The van der Waals surface area contributed by atoms with Crippen LogP contribution in [0, 0.1) is 19.8 Å². The largest absolute Gasteiger partial charge is 0.393 e. The van der Waals surface area contributed by atoms with E-state index in [0.717, 1.165) is 25.2 Å². The fraction of sp³-hybridized carbons (Fsp3) is 0.800. The molecule has 1 heterocycles. The smallest absolute Gasteiger partial charge is 0.0644 e. The maximum Gasteiger partial charge on any atom is 0.0644 e. The summed E-state index contributed by atoms with van der Waals surface area (Å²) in [6, 6.07) is 0.277. The first-order chi connectivity index (χ1) is 8.88. The number of aliphatic hydroxyl groups is 1. The van der Waals surface area contributed by atoms with Crippen LogP contribution < -0.4 is 5.32 Å². The number of nitrogens with zero attached hydrogens (tertiary/aromatic N) is 2. The molecule has 1 aromatic rings. The maximum atomic E-state index is 9.80. The average molecular weight is 267 g/mol. The van der Waals surface area contributed by atoms with Crippen LogP contribution in [-0.4, -0.2) is 27.5 Å². The second-order valence-electron chi connectivity index (χ2n) is 5.68. The summed E-state index contributed by atoms with van der Waals surface area (Å²) >= 11 is 0. The van der Waals surface area contributed by atoms with E-state index in [2.05, 4.69) is 38.1 Å². The van der Waals surface area contributed by atoms with Crippen LogP contribution in [-0.2, 0) is 6.54 Å². The highest BCUT2D eigenvalue weighted by Gasteiger charge is 2.17. The lowest BCUT2D eigenvalue weighted by Gasteiger charge is -2.18. The van der Waals surface area contributed by atoms with Crippen molar-refractivity contribution in [1.82, 2.24) is 15.1 Å². The lowest BCUT2D eigenvalue weighted by molar-refractivity contribution is 0.115. The monoisotopic (exact) mass is 267 g/mol. The molecule has 0 bridgehead atoms. The Morgan fingerprint density at radius 3 is 2.37 bits per heavy atom. The third kappa shape index (κ3) is 4.05. The van der Waals surface area contributed by atoms with E-state index < -0.39 is 0 Å². The van der Waals surface area contributed by atoms with Gasteiger partial charge in [-0.25, -0.2) is 0 Å². The van der Waals surface area contributed by atoms with Crippen LogP contribution in [0.15, 0.2) is 0 Å². The molecule has 1 aromatic heterocycles. The van der Waals surface area contributed by atoms with Gasteiger partial charge in [0.05, 0.1) is 11.8 Å². The summed E-state index contributed by atoms with van der Waals surface area (Å²) in [5, 5.41) is 17.8. The highest BCUT2D eigenvalue weighted by molar-refractivity contribution is 5.27. The molecule has 0 radical (unpaired) electrons. The molecule has 4 nitrogen and oxygen atoms in total. The van der Waals surface area contributed by atoms with Crippen molar-refractivity contribution in [3.8, 4) is 0 Å². The molecule has 0 saturated carbocycles. The summed E-state index contributed by atoms with van der Waals surface area (Å²) < 4.78 is 2.05. The molecule has 2 atom stereocenters. The van der Waals surface area contributed by atoms with Crippen molar-refractivity contribution in [2.24, 2.45) is 5.92 Å². The molecule has 2 unspecified atom stereocenters. The van der Waals surface area contributed by atoms with Crippen molar-refractivity contribution in [3.05, 3.63) is 17.0 Å². The number of nitrogens with one attached hydrogen (secondary N) is 1. The predicted octanol–water partition coefficient (Wildman–Crippen LogP) is 2.58. The first kappa shape index (κ1) is 16.2. The van der Waals surface area contributed by atoms with E-state index in [9.17, 15) is 5.11 Å². The zero-order valence-corrected chi connectivity index (χ0v) is 13.2. The van der Waals surface area contributed by atoms with Crippen molar-refractivity contribution in [1.29, 1.82) is 0 Å². The van der Waals surface area contributed by atoms with Gasteiger partial charge in [-0.05, 0) is 46.6 Å². The number of aromatic nitrogens is 2. The van der Waals surface area contributed by atoms with Gasteiger partial charge in [0.1, 0.15) is 0 Å². The highest BCUT2D eigenvalue weighted by Crippen LogP contribution is 2.21. The quantitative estimate of drug-likeness (QED) is 0.798. The summed E-state index contributed by atoms with van der Waals surface area (Å²) in [4.78, 5) is 0. The van der Waals surface area contributed by atoms with Crippen LogP contribution in [0.1, 0.15) is 57.1 Å². The molecule has 2 N–H and O–H groups in total. The Labute approximate surface area is 117 Å². The Kier molecular flexibility index (Phi) is 6.01. The van der Waals surface area contributed by atoms with E-state index in [1.54, 1.807) is 0 Å². The first-order valence-electron chi connectivity index (χ1n) is 7.33. The zero-order valence-electron chi connectivity index (χ0n) is 13.2. The molecule has 0 aliphatic rings. The summed E-state index contributed by atoms with van der Waals surface area (Å²) in [7, 11) is 0. The van der Waals surface area contributed by atoms with Gasteiger partial charge in [-0.1, -0.05) is 13.8 Å². The van der Waals surface area contributed by atoms with Crippen molar-refractivity contribution < 1.29 is 5.11 Å². The molecule has 0 amide bonds. The number of aryl methyl sites for hydroxylation is 2. The van der Waals surface area contributed by atoms with Crippen LogP contribution in [0.25, 0.3) is 0 Å². The fourth-order valence-electron chi connectivity index (χ4n) is 2.53. The molecule has 0 saturated heterocycles. The minimum Gasteiger partial charge on any atom is -0.393 e. The lowest BCUT2D eigenvalue weighted by atomic mass is 10.0. The number of hydrogen-bond donors (Lipinski definition) is 2. The van der Waals surface area contributed by atoms with Gasteiger partial charge in [0, 0.05) is 23.8 Å². The third-order valence-corrected chi connectivity index (χ3v) is 3.83. The molecule has 0 aromatic carbocycles. The second kappa shape index (κ2) is 7.06. The van der Waals surface area contributed by atoms with Crippen LogP contribution in [0.5, 0.6) is 0 Å². The van der Waals surface area contributed by atoms with E-state index >= 15 is 0 Å². The maximum absolute atomic E-state index is 9.80. The van der Waals surface area contributed by atoms with Gasteiger partial charge in [0.2, 0.25) is 0 Å². The molecule has 4 heteroatoms. The minimum atomic E-state index is -0.222. The fourth-order valence-corrected chi connectivity index (χ4v) is 2.53. The van der Waals surface area contributed by atoms with Gasteiger partial charge in [-0.15, -0.1) is 0 Å². The molecule has 0 aliphatic heterocycles. The van der Waals surface area contributed by atoms with Gasteiger partial charge < -0.3 is 10.4 Å². The lowest BCUT2D eigenvalue weighted by Crippen LogP contribution is -2.26. The van der Waals surface area contributed by atoms with Crippen molar-refractivity contribution in [2.75, 3.05) is 6.54 Å². The highest BCUT2D eigenvalue weighted by atomic mass is 16.3. The Morgan fingerprint density at radius 2 is 1.89 bits per heavy atom. The van der Waals surface area contributed by atoms with E-state index in [4.69, 9.17) is 0 Å². The number of hydrogen-bond acceptors (Lipinski definition) is 3. The third-order valence-electron chi connectivity index (χ3n) is 3.83. The Bertz CT molecular complexity index is 398. The standard InChI is InChI=1S/C15H29N3O/c1-7-18-13(6)15(12(5)17-18)11(4)16-9-8-14(19)10(2)3/h10-11,14,16,19H,7-9H2,1-6H3. The van der Waals surface area contributed by atoms with E-state index in [1.165, 1.54) is 11.3 Å². The molecule has 1 rings (SSSR count). The van der Waals surface area contributed by atoms with Crippen LogP contribution in [0.2, 0.25) is 0 Å². The SMILES string of the molecule is CCn1nc(C)c(C(C)NCCC(O)C(C)C)c1C. The molecule has 19 heavy (non-hydrogen) atoms. The molecular weight excluding hydrogens is 238 g/mol. The summed E-state index contributed by atoms with van der Waals surface area (Å²) in [6.45, 7) is 14.3. The van der Waals surface area contributed by atoms with Crippen molar-refractivity contribution in [2.45, 2.75) is 66.7 Å². The second-order valence-corrected chi connectivity index (χ2v) is 5.68. The first-order valence-corrected chi connectivity index (χ1v) is 7.33. The molecule has 0 aliphatic carbocycles. The van der Waals surface area contributed by atoms with E-state index in [0.29, 0.717) is 5.92 Å². The number of rotatable bonds is 7. The van der Waals surface area contributed by atoms with Crippen LogP contribution >= 0.6 is 0 Å². The molecule has 0 fully saturated rings. The van der Waals surface area contributed by atoms with Gasteiger partial charge in [0.25, 0.3) is 0 Å². The van der Waals surface area contributed by atoms with E-state index in [1.807, 2.05) is 18.5 Å². The van der Waals surface area contributed by atoms with Gasteiger partial charge in [-0.2, -0.15) is 5.10 Å². The topological polar surface area (TPSA) is 50.1 Å². The minimum absolute atomic E-state index is 0.222. The predicted molar refractivity (Wildman–Crippen MR) is 79.3 cm³/mol.